The van der Waals surface area contributed by atoms with E-state index in [1.54, 1.807) is 6.07 Å². The van der Waals surface area contributed by atoms with Crippen molar-refractivity contribution in [1.82, 2.24) is 9.97 Å². The molecule has 0 saturated carbocycles. The number of H-pyrrole nitrogens is 1. The lowest BCUT2D eigenvalue weighted by Crippen LogP contribution is -1.92. The van der Waals surface area contributed by atoms with E-state index in [0.717, 1.165) is 21.1 Å². The van der Waals surface area contributed by atoms with Crippen LogP contribution in [0.5, 0.6) is 0 Å². The lowest BCUT2D eigenvalue weighted by Gasteiger charge is -2.03. The van der Waals surface area contributed by atoms with E-state index < -0.39 is 0 Å². The molecule has 5 heteroatoms. The van der Waals surface area contributed by atoms with Gasteiger partial charge in [-0.05, 0) is 48.5 Å². The number of nitrogen functional groups attached to an aromatic ring is 1. The van der Waals surface area contributed by atoms with Crippen LogP contribution in [0.3, 0.4) is 0 Å². The first-order valence-corrected chi connectivity index (χ1v) is 6.92. The van der Waals surface area contributed by atoms with E-state index in [1.807, 2.05) is 31.2 Å². The Labute approximate surface area is 120 Å². The van der Waals surface area contributed by atoms with Crippen LogP contribution in [-0.4, -0.2) is 9.97 Å². The minimum absolute atomic E-state index is 0.488. The maximum Gasteiger partial charge on any atom is 0.171 e. The third-order valence-corrected chi connectivity index (χ3v) is 3.97. The number of rotatable bonds is 2. The highest BCUT2D eigenvalue weighted by molar-refractivity contribution is 7.99. The molecule has 0 saturated heterocycles. The van der Waals surface area contributed by atoms with E-state index in [4.69, 9.17) is 11.0 Å². The smallest absolute Gasteiger partial charge is 0.171 e. The first kappa shape index (κ1) is 12.6. The number of fused-ring (bicyclic) bond motifs is 1. The number of benzene rings is 2. The standard InChI is InChI=1S/C15H12N4S/c1-9-5-6-11-12(7-9)19-15(18-11)20-13-4-2-3-10(8-16)14(13)17/h2-7H,17H2,1H3,(H,18,19). The number of hydrogen-bond acceptors (Lipinski definition) is 4. The summed E-state index contributed by atoms with van der Waals surface area (Å²) >= 11 is 1.43. The Kier molecular flexibility index (Phi) is 3.09. The molecule has 0 spiro atoms. The molecule has 0 aliphatic carbocycles. The number of nitriles is 1. The van der Waals surface area contributed by atoms with Gasteiger partial charge in [0, 0.05) is 4.90 Å². The number of aromatic nitrogens is 2. The molecule has 0 aliphatic rings. The van der Waals surface area contributed by atoms with E-state index in [1.165, 1.54) is 17.3 Å². The van der Waals surface area contributed by atoms with Crippen LogP contribution in [0.25, 0.3) is 11.0 Å². The van der Waals surface area contributed by atoms with Gasteiger partial charge in [-0.2, -0.15) is 5.26 Å². The summed E-state index contributed by atoms with van der Waals surface area (Å²) in [5.74, 6) is 0. The van der Waals surface area contributed by atoms with Crippen LogP contribution < -0.4 is 5.73 Å². The molecule has 3 aromatic rings. The van der Waals surface area contributed by atoms with Crippen molar-refractivity contribution >= 4 is 28.5 Å². The van der Waals surface area contributed by atoms with Crippen molar-refractivity contribution in [3.8, 4) is 6.07 Å². The zero-order valence-corrected chi connectivity index (χ0v) is 11.7. The summed E-state index contributed by atoms with van der Waals surface area (Å²) in [6.45, 7) is 2.04. The Morgan fingerprint density at radius 3 is 2.95 bits per heavy atom. The molecule has 3 rings (SSSR count). The number of aromatic amines is 1. The fraction of sp³-hybridized carbons (Fsp3) is 0.0667. The van der Waals surface area contributed by atoms with Crippen LogP contribution in [0.1, 0.15) is 11.1 Å². The minimum atomic E-state index is 0.488. The zero-order valence-electron chi connectivity index (χ0n) is 10.8. The molecule has 20 heavy (non-hydrogen) atoms. The number of nitrogens with two attached hydrogens (primary N) is 1. The fourth-order valence-corrected chi connectivity index (χ4v) is 2.86. The summed E-state index contributed by atoms with van der Waals surface area (Å²) in [6.07, 6.45) is 0. The van der Waals surface area contributed by atoms with Crippen molar-refractivity contribution < 1.29 is 0 Å². The molecule has 0 unspecified atom stereocenters. The maximum atomic E-state index is 8.99. The topological polar surface area (TPSA) is 78.5 Å². The lowest BCUT2D eigenvalue weighted by atomic mass is 10.2. The molecule has 0 radical (unpaired) electrons. The third kappa shape index (κ3) is 2.22. The Morgan fingerprint density at radius 1 is 1.30 bits per heavy atom. The van der Waals surface area contributed by atoms with Crippen molar-refractivity contribution in [2.45, 2.75) is 17.0 Å². The van der Waals surface area contributed by atoms with Gasteiger partial charge in [0.1, 0.15) is 6.07 Å². The molecule has 1 aromatic heterocycles. The lowest BCUT2D eigenvalue weighted by molar-refractivity contribution is 1.08. The van der Waals surface area contributed by atoms with Crippen LogP contribution in [0.2, 0.25) is 0 Å². The molecule has 0 aliphatic heterocycles. The van der Waals surface area contributed by atoms with Crippen molar-refractivity contribution in [2.75, 3.05) is 5.73 Å². The molecule has 0 amide bonds. The number of hydrogen-bond donors (Lipinski definition) is 2. The highest BCUT2D eigenvalue weighted by Gasteiger charge is 2.09. The van der Waals surface area contributed by atoms with Gasteiger partial charge in [-0.15, -0.1) is 0 Å². The zero-order chi connectivity index (χ0) is 14.1. The largest absolute Gasteiger partial charge is 0.397 e. The monoisotopic (exact) mass is 280 g/mol. The average molecular weight is 280 g/mol. The van der Waals surface area contributed by atoms with E-state index in [0.29, 0.717) is 11.3 Å². The molecule has 0 atom stereocenters. The van der Waals surface area contributed by atoms with Crippen molar-refractivity contribution in [3.05, 3.63) is 47.5 Å². The molecule has 3 N–H and O–H groups in total. The summed E-state index contributed by atoms with van der Waals surface area (Å²) in [5, 5.41) is 9.76. The average Bonchev–Trinajstić information content (AvgIpc) is 2.82. The Morgan fingerprint density at radius 2 is 2.15 bits per heavy atom. The highest BCUT2D eigenvalue weighted by atomic mass is 32.2. The summed E-state index contributed by atoms with van der Waals surface area (Å²) < 4.78 is 0. The number of nitrogens with one attached hydrogen (secondary N) is 1. The summed E-state index contributed by atoms with van der Waals surface area (Å²) in [7, 11) is 0. The molecule has 0 bridgehead atoms. The second-order valence-corrected chi connectivity index (χ2v) is 5.52. The first-order valence-electron chi connectivity index (χ1n) is 6.10. The van der Waals surface area contributed by atoms with Crippen LogP contribution in [0.4, 0.5) is 5.69 Å². The van der Waals surface area contributed by atoms with Gasteiger partial charge in [-0.25, -0.2) is 4.98 Å². The normalized spacial score (nSPS) is 10.6. The Hall–Kier alpha value is -2.45. The number of aryl methyl sites for hydroxylation is 1. The van der Waals surface area contributed by atoms with E-state index >= 15 is 0 Å². The first-order chi connectivity index (χ1) is 9.67. The minimum Gasteiger partial charge on any atom is -0.397 e. The highest BCUT2D eigenvalue weighted by Crippen LogP contribution is 2.33. The Balaban J connectivity index is 1.99. The number of anilines is 1. The quantitative estimate of drug-likeness (QED) is 0.704. The van der Waals surface area contributed by atoms with Gasteiger partial charge in [0.15, 0.2) is 5.16 Å². The second-order valence-electron chi connectivity index (χ2n) is 4.49. The van der Waals surface area contributed by atoms with Gasteiger partial charge in [0.25, 0.3) is 0 Å². The fourth-order valence-electron chi connectivity index (χ4n) is 1.98. The molecule has 2 aromatic carbocycles. The predicted molar refractivity (Wildman–Crippen MR) is 80.5 cm³/mol. The van der Waals surface area contributed by atoms with E-state index in [9.17, 15) is 0 Å². The van der Waals surface area contributed by atoms with Gasteiger partial charge in [0.2, 0.25) is 0 Å². The van der Waals surface area contributed by atoms with Crippen molar-refractivity contribution in [1.29, 1.82) is 5.26 Å². The molecule has 98 valence electrons. The molecule has 4 nitrogen and oxygen atoms in total. The summed E-state index contributed by atoms with van der Waals surface area (Å²) in [5.41, 5.74) is 10.1. The van der Waals surface area contributed by atoms with Crippen LogP contribution in [0.15, 0.2) is 46.5 Å². The van der Waals surface area contributed by atoms with Gasteiger partial charge >= 0.3 is 0 Å². The van der Waals surface area contributed by atoms with Crippen LogP contribution in [-0.2, 0) is 0 Å². The summed E-state index contributed by atoms with van der Waals surface area (Å²) in [4.78, 5) is 8.61. The van der Waals surface area contributed by atoms with E-state index in [2.05, 4.69) is 22.1 Å². The van der Waals surface area contributed by atoms with Crippen molar-refractivity contribution in [3.63, 3.8) is 0 Å². The predicted octanol–water partition coefficient (Wildman–Crippen LogP) is 3.48. The number of imidazole rings is 1. The number of para-hydroxylation sites is 1. The molecule has 1 heterocycles. The van der Waals surface area contributed by atoms with Crippen LogP contribution in [0, 0.1) is 18.3 Å². The van der Waals surface area contributed by atoms with Crippen LogP contribution >= 0.6 is 11.8 Å². The van der Waals surface area contributed by atoms with E-state index in [-0.39, 0.29) is 0 Å². The molecular formula is C15H12N4S. The van der Waals surface area contributed by atoms with Gasteiger partial charge in [-0.1, -0.05) is 12.1 Å². The molecule has 0 fully saturated rings. The van der Waals surface area contributed by atoms with Crippen molar-refractivity contribution in [2.24, 2.45) is 0 Å². The van der Waals surface area contributed by atoms with Gasteiger partial charge < -0.3 is 10.7 Å². The maximum absolute atomic E-state index is 8.99. The van der Waals surface area contributed by atoms with Gasteiger partial charge in [-0.3, -0.25) is 0 Å². The summed E-state index contributed by atoms with van der Waals surface area (Å²) in [6, 6.07) is 13.6. The SMILES string of the molecule is Cc1ccc2nc(Sc3cccc(C#N)c3N)[nH]c2c1. The van der Waals surface area contributed by atoms with Gasteiger partial charge in [0.05, 0.1) is 22.3 Å². The second kappa shape index (κ2) is 4.91. The third-order valence-electron chi connectivity index (χ3n) is 3.01. The molecular weight excluding hydrogens is 268 g/mol. The Bertz CT molecular complexity index is 829. The number of nitrogens with zero attached hydrogens (tertiary/aromatic N) is 2.